The van der Waals surface area contributed by atoms with E-state index < -0.39 is 0 Å². The Morgan fingerprint density at radius 3 is 2.50 bits per heavy atom. The van der Waals surface area contributed by atoms with E-state index in [-0.39, 0.29) is 11.8 Å². The summed E-state index contributed by atoms with van der Waals surface area (Å²) < 4.78 is 0. The van der Waals surface area contributed by atoms with Gasteiger partial charge < -0.3 is 10.6 Å². The smallest absolute Gasteiger partial charge is 0.229 e. The fourth-order valence-corrected chi connectivity index (χ4v) is 4.42. The molecule has 0 aliphatic heterocycles. The number of amides is 2. The molecule has 9 heteroatoms. The van der Waals surface area contributed by atoms with Crippen molar-refractivity contribution in [3.63, 3.8) is 0 Å². The number of nitrogens with zero attached hydrogens (tertiary/aromatic N) is 4. The topological polar surface area (TPSA) is 110 Å². The second kappa shape index (κ2) is 9.08. The molecule has 4 rings (SSSR count). The molecule has 2 heterocycles. The number of hydrogen-bond donors (Lipinski definition) is 2. The third-order valence-corrected chi connectivity index (χ3v) is 6.00. The summed E-state index contributed by atoms with van der Waals surface area (Å²) in [5, 5.41) is 23.6. The van der Waals surface area contributed by atoms with Crippen LogP contribution in [-0.4, -0.2) is 32.2 Å². The Morgan fingerprint density at radius 1 is 1.00 bits per heavy atom. The van der Waals surface area contributed by atoms with Gasteiger partial charge in [-0.1, -0.05) is 41.7 Å². The van der Waals surface area contributed by atoms with Gasteiger partial charge in [0.2, 0.25) is 16.9 Å². The number of rotatable bonds is 7. The van der Waals surface area contributed by atoms with Crippen LogP contribution >= 0.6 is 11.3 Å². The van der Waals surface area contributed by atoms with Gasteiger partial charge in [-0.25, -0.2) is 0 Å². The SMILES string of the molecule is CC(=O)Nc1nnc(C2CC(Cc3ccc(NC(=O)Cc4ccccc4)nn3)C2)s1. The lowest BCUT2D eigenvalue weighted by Crippen LogP contribution is -2.24. The number of benzene rings is 1. The van der Waals surface area contributed by atoms with Crippen LogP contribution in [0.2, 0.25) is 0 Å². The summed E-state index contributed by atoms with van der Waals surface area (Å²) in [5.74, 6) is 1.13. The van der Waals surface area contributed by atoms with Gasteiger partial charge in [-0.05, 0) is 42.9 Å². The van der Waals surface area contributed by atoms with Gasteiger partial charge in [0.15, 0.2) is 5.82 Å². The van der Waals surface area contributed by atoms with E-state index in [9.17, 15) is 9.59 Å². The van der Waals surface area contributed by atoms with Crippen molar-refractivity contribution in [3.05, 3.63) is 58.7 Å². The van der Waals surface area contributed by atoms with Gasteiger partial charge in [-0.3, -0.25) is 9.59 Å². The molecular formula is C21H22N6O2S. The number of hydrogen-bond acceptors (Lipinski definition) is 7. The van der Waals surface area contributed by atoms with Crippen molar-refractivity contribution in [2.24, 2.45) is 5.92 Å². The average molecular weight is 423 g/mol. The van der Waals surface area contributed by atoms with Crippen LogP contribution < -0.4 is 10.6 Å². The molecule has 1 aliphatic carbocycles. The molecule has 0 saturated heterocycles. The molecule has 2 aromatic heterocycles. The summed E-state index contributed by atoms with van der Waals surface area (Å²) in [5.41, 5.74) is 1.87. The maximum Gasteiger partial charge on any atom is 0.229 e. The molecule has 2 amide bonds. The zero-order valence-electron chi connectivity index (χ0n) is 16.5. The fourth-order valence-electron chi connectivity index (χ4n) is 3.50. The van der Waals surface area contributed by atoms with Crippen LogP contribution in [0.25, 0.3) is 0 Å². The summed E-state index contributed by atoms with van der Waals surface area (Å²) in [6.07, 6.45) is 3.19. The summed E-state index contributed by atoms with van der Waals surface area (Å²) in [7, 11) is 0. The Hall–Kier alpha value is -3.20. The normalized spacial score (nSPS) is 17.8. The van der Waals surface area contributed by atoms with Crippen LogP contribution in [-0.2, 0) is 22.4 Å². The van der Waals surface area contributed by atoms with Crippen LogP contribution in [0.1, 0.15) is 41.9 Å². The van der Waals surface area contributed by atoms with Gasteiger partial charge in [0.25, 0.3) is 0 Å². The Balaban J connectivity index is 1.23. The van der Waals surface area contributed by atoms with Gasteiger partial charge in [0.05, 0.1) is 12.1 Å². The molecule has 0 unspecified atom stereocenters. The minimum Gasteiger partial charge on any atom is -0.309 e. The first kappa shape index (κ1) is 20.1. The lowest BCUT2D eigenvalue weighted by molar-refractivity contribution is -0.116. The second-order valence-corrected chi connectivity index (χ2v) is 8.49. The van der Waals surface area contributed by atoms with Crippen LogP contribution in [0.5, 0.6) is 0 Å². The Kier molecular flexibility index (Phi) is 6.08. The van der Waals surface area contributed by atoms with E-state index in [4.69, 9.17) is 0 Å². The van der Waals surface area contributed by atoms with Crippen molar-refractivity contribution < 1.29 is 9.59 Å². The molecule has 30 heavy (non-hydrogen) atoms. The lowest BCUT2D eigenvalue weighted by Gasteiger charge is -2.33. The summed E-state index contributed by atoms with van der Waals surface area (Å²) in [4.78, 5) is 23.2. The summed E-state index contributed by atoms with van der Waals surface area (Å²) in [6, 6.07) is 13.3. The molecule has 2 N–H and O–H groups in total. The zero-order chi connectivity index (χ0) is 20.9. The van der Waals surface area contributed by atoms with Crippen molar-refractivity contribution in [1.29, 1.82) is 0 Å². The summed E-state index contributed by atoms with van der Waals surface area (Å²) >= 11 is 1.44. The molecule has 1 fully saturated rings. The van der Waals surface area contributed by atoms with E-state index in [1.807, 2.05) is 36.4 Å². The second-order valence-electron chi connectivity index (χ2n) is 7.49. The highest BCUT2D eigenvalue weighted by Crippen LogP contribution is 2.44. The predicted molar refractivity (Wildman–Crippen MR) is 114 cm³/mol. The number of nitrogens with one attached hydrogen (secondary N) is 2. The molecule has 1 saturated carbocycles. The van der Waals surface area contributed by atoms with Gasteiger partial charge >= 0.3 is 0 Å². The Bertz CT molecular complexity index is 1020. The van der Waals surface area contributed by atoms with Crippen molar-refractivity contribution in [3.8, 4) is 0 Å². The van der Waals surface area contributed by atoms with Gasteiger partial charge in [0, 0.05) is 12.8 Å². The first-order chi connectivity index (χ1) is 14.5. The van der Waals surface area contributed by atoms with Crippen LogP contribution in [0.4, 0.5) is 10.9 Å². The van der Waals surface area contributed by atoms with Crippen molar-refractivity contribution in [1.82, 2.24) is 20.4 Å². The number of carbonyl (C=O) groups excluding carboxylic acids is 2. The third kappa shape index (κ3) is 5.24. The minimum atomic E-state index is -0.137. The molecule has 0 atom stereocenters. The molecule has 1 aliphatic rings. The summed E-state index contributed by atoms with van der Waals surface area (Å²) in [6.45, 7) is 1.46. The molecule has 1 aromatic carbocycles. The maximum absolute atomic E-state index is 12.1. The fraction of sp³-hybridized carbons (Fsp3) is 0.333. The van der Waals surface area contributed by atoms with Gasteiger partial charge in [-0.15, -0.1) is 15.3 Å². The quantitative estimate of drug-likeness (QED) is 0.605. The number of carbonyl (C=O) groups is 2. The van der Waals surface area contributed by atoms with Crippen molar-refractivity contribution in [2.75, 3.05) is 10.6 Å². The maximum atomic E-state index is 12.1. The largest absolute Gasteiger partial charge is 0.309 e. The first-order valence-corrected chi connectivity index (χ1v) is 10.6. The highest BCUT2D eigenvalue weighted by molar-refractivity contribution is 7.15. The Labute approximate surface area is 178 Å². The average Bonchev–Trinajstić information content (AvgIpc) is 3.13. The lowest BCUT2D eigenvalue weighted by atomic mass is 9.73. The molecule has 0 radical (unpaired) electrons. The van der Waals surface area contributed by atoms with Crippen LogP contribution in [0.3, 0.4) is 0 Å². The van der Waals surface area contributed by atoms with Gasteiger partial charge in [-0.2, -0.15) is 5.10 Å². The number of anilines is 2. The molecule has 3 aromatic rings. The van der Waals surface area contributed by atoms with E-state index >= 15 is 0 Å². The number of aromatic nitrogens is 4. The molecule has 0 spiro atoms. The molecule has 0 bridgehead atoms. The first-order valence-electron chi connectivity index (χ1n) is 9.82. The standard InChI is InChI=1S/C21H22N6O2S/c1-13(28)22-21-27-26-20(30-21)16-9-15(10-16)11-17-7-8-18(25-24-17)23-19(29)12-14-5-3-2-4-6-14/h2-8,15-16H,9-12H2,1H3,(H,22,27,28)(H,23,25,29). The molecular weight excluding hydrogens is 400 g/mol. The van der Waals surface area contributed by atoms with E-state index in [0.717, 1.165) is 35.5 Å². The molecule has 8 nitrogen and oxygen atoms in total. The van der Waals surface area contributed by atoms with E-state index in [1.165, 1.54) is 18.3 Å². The predicted octanol–water partition coefficient (Wildman–Crippen LogP) is 3.20. The monoisotopic (exact) mass is 422 g/mol. The minimum absolute atomic E-state index is 0.110. The van der Waals surface area contributed by atoms with Crippen molar-refractivity contribution >= 4 is 34.1 Å². The van der Waals surface area contributed by atoms with E-state index in [2.05, 4.69) is 31.0 Å². The zero-order valence-corrected chi connectivity index (χ0v) is 17.4. The highest BCUT2D eigenvalue weighted by Gasteiger charge is 2.33. The molecule has 154 valence electrons. The van der Waals surface area contributed by atoms with Crippen molar-refractivity contribution in [2.45, 2.75) is 38.5 Å². The Morgan fingerprint density at radius 2 is 1.80 bits per heavy atom. The van der Waals surface area contributed by atoms with E-state index in [0.29, 0.717) is 29.2 Å². The van der Waals surface area contributed by atoms with Gasteiger partial charge in [0.1, 0.15) is 5.01 Å². The van der Waals surface area contributed by atoms with Crippen LogP contribution in [0, 0.1) is 5.92 Å². The highest BCUT2D eigenvalue weighted by atomic mass is 32.1. The van der Waals surface area contributed by atoms with E-state index in [1.54, 1.807) is 6.07 Å². The third-order valence-electron chi connectivity index (χ3n) is 5.00. The van der Waals surface area contributed by atoms with Crippen LogP contribution in [0.15, 0.2) is 42.5 Å².